The summed E-state index contributed by atoms with van der Waals surface area (Å²) in [4.78, 5) is 41.7. The van der Waals surface area contributed by atoms with Crippen molar-refractivity contribution in [3.05, 3.63) is 0 Å². The number of hydrogen-bond donors (Lipinski definition) is 0. The van der Waals surface area contributed by atoms with Crippen LogP contribution in [-0.4, -0.2) is 58.9 Å². The number of amides is 2. The predicted octanol–water partition coefficient (Wildman–Crippen LogP) is 2.50. The molecule has 0 aromatic rings. The van der Waals surface area contributed by atoms with Crippen molar-refractivity contribution in [1.29, 1.82) is 0 Å². The SMILES string of the molecule is CCOC(=O)C(CCC1CCCCC1)N1C(=O)C2CCCN2C(=O)C1C. The third kappa shape index (κ3) is 3.74. The Morgan fingerprint density at radius 1 is 1.12 bits per heavy atom. The molecule has 3 aliphatic rings. The zero-order valence-electron chi connectivity index (χ0n) is 16.1. The van der Waals surface area contributed by atoms with E-state index in [4.69, 9.17) is 4.74 Å². The molecule has 3 atom stereocenters. The van der Waals surface area contributed by atoms with Crippen LogP contribution in [0.3, 0.4) is 0 Å². The van der Waals surface area contributed by atoms with Crippen LogP contribution in [0.25, 0.3) is 0 Å². The minimum atomic E-state index is -0.633. The molecular formula is C20H32N2O4. The highest BCUT2D eigenvalue weighted by Gasteiger charge is 2.49. The van der Waals surface area contributed by atoms with Crippen LogP contribution in [0.5, 0.6) is 0 Å². The normalized spacial score (nSPS) is 28.2. The maximum absolute atomic E-state index is 13.1. The molecule has 2 heterocycles. The molecule has 0 aromatic carbocycles. The van der Waals surface area contributed by atoms with Gasteiger partial charge in [-0.3, -0.25) is 9.59 Å². The Bertz CT molecular complexity index is 544. The van der Waals surface area contributed by atoms with E-state index in [-0.39, 0.29) is 23.8 Å². The summed E-state index contributed by atoms with van der Waals surface area (Å²) in [6.45, 7) is 4.47. The first-order chi connectivity index (χ1) is 12.5. The molecule has 2 saturated heterocycles. The summed E-state index contributed by atoms with van der Waals surface area (Å²) < 4.78 is 5.28. The van der Waals surface area contributed by atoms with Gasteiger partial charge in [-0.15, -0.1) is 0 Å². The summed E-state index contributed by atoms with van der Waals surface area (Å²) in [6, 6.07) is -1.60. The third-order valence-corrected chi connectivity index (χ3v) is 6.32. The lowest BCUT2D eigenvalue weighted by atomic mass is 9.84. The molecule has 3 unspecified atom stereocenters. The van der Waals surface area contributed by atoms with E-state index in [1.54, 1.807) is 23.6 Å². The van der Waals surface area contributed by atoms with Gasteiger partial charge in [0.15, 0.2) is 0 Å². The van der Waals surface area contributed by atoms with Crippen molar-refractivity contribution in [3.63, 3.8) is 0 Å². The second kappa shape index (κ2) is 8.40. The minimum absolute atomic E-state index is 0.0286. The van der Waals surface area contributed by atoms with Crippen LogP contribution in [0.2, 0.25) is 0 Å². The molecule has 0 N–H and O–H groups in total. The molecule has 3 fully saturated rings. The third-order valence-electron chi connectivity index (χ3n) is 6.32. The molecule has 1 aliphatic carbocycles. The van der Waals surface area contributed by atoms with Gasteiger partial charge in [-0.1, -0.05) is 32.1 Å². The van der Waals surface area contributed by atoms with Crippen molar-refractivity contribution in [2.75, 3.05) is 13.2 Å². The predicted molar refractivity (Wildman–Crippen MR) is 97.3 cm³/mol. The highest BCUT2D eigenvalue weighted by atomic mass is 16.5. The standard InChI is InChI=1S/C20H32N2O4/c1-3-26-20(25)17(12-11-15-8-5-4-6-9-15)22-14(2)18(23)21-13-7-10-16(21)19(22)24/h14-17H,3-13H2,1-2H3. The van der Waals surface area contributed by atoms with E-state index < -0.39 is 12.1 Å². The molecule has 0 radical (unpaired) electrons. The van der Waals surface area contributed by atoms with Gasteiger partial charge < -0.3 is 14.5 Å². The number of esters is 1. The van der Waals surface area contributed by atoms with Crippen LogP contribution < -0.4 is 0 Å². The van der Waals surface area contributed by atoms with Crippen LogP contribution in [-0.2, 0) is 19.1 Å². The monoisotopic (exact) mass is 364 g/mol. The van der Waals surface area contributed by atoms with Crippen LogP contribution >= 0.6 is 0 Å². The summed E-state index contributed by atoms with van der Waals surface area (Å²) in [6.07, 6.45) is 9.28. The summed E-state index contributed by atoms with van der Waals surface area (Å²) in [5, 5.41) is 0. The maximum atomic E-state index is 13.1. The van der Waals surface area contributed by atoms with Crippen molar-refractivity contribution >= 4 is 17.8 Å². The van der Waals surface area contributed by atoms with Crippen molar-refractivity contribution in [3.8, 4) is 0 Å². The van der Waals surface area contributed by atoms with E-state index in [2.05, 4.69) is 0 Å². The summed E-state index contributed by atoms with van der Waals surface area (Å²) in [7, 11) is 0. The van der Waals surface area contributed by atoms with Crippen LogP contribution in [0.1, 0.15) is 71.6 Å². The Morgan fingerprint density at radius 2 is 1.85 bits per heavy atom. The summed E-state index contributed by atoms with van der Waals surface area (Å²) in [5.74, 6) is 0.160. The molecule has 0 bridgehead atoms. The highest BCUT2D eigenvalue weighted by Crippen LogP contribution is 2.32. The van der Waals surface area contributed by atoms with Gasteiger partial charge in [0.2, 0.25) is 11.8 Å². The molecular weight excluding hydrogens is 332 g/mol. The number of fused-ring (bicyclic) bond motifs is 1. The molecule has 6 nitrogen and oxygen atoms in total. The molecule has 2 aliphatic heterocycles. The minimum Gasteiger partial charge on any atom is -0.464 e. The quantitative estimate of drug-likeness (QED) is 0.679. The largest absolute Gasteiger partial charge is 0.464 e. The number of rotatable bonds is 6. The number of nitrogens with zero attached hydrogens (tertiary/aromatic N) is 2. The number of ether oxygens (including phenoxy) is 1. The number of piperazine rings is 1. The Morgan fingerprint density at radius 3 is 2.54 bits per heavy atom. The molecule has 1 saturated carbocycles. The first-order valence-electron chi connectivity index (χ1n) is 10.3. The number of hydrogen-bond acceptors (Lipinski definition) is 4. The molecule has 0 aromatic heterocycles. The first-order valence-corrected chi connectivity index (χ1v) is 10.3. The topological polar surface area (TPSA) is 66.9 Å². The van der Waals surface area contributed by atoms with Crippen molar-refractivity contribution in [2.45, 2.75) is 89.8 Å². The Kier molecular flexibility index (Phi) is 6.20. The summed E-state index contributed by atoms with van der Waals surface area (Å²) >= 11 is 0. The molecule has 0 spiro atoms. The summed E-state index contributed by atoms with van der Waals surface area (Å²) in [5.41, 5.74) is 0. The average Bonchev–Trinajstić information content (AvgIpc) is 3.14. The van der Waals surface area contributed by atoms with E-state index in [1.165, 1.54) is 32.1 Å². The fraction of sp³-hybridized carbons (Fsp3) is 0.850. The van der Waals surface area contributed by atoms with Crippen LogP contribution in [0.4, 0.5) is 0 Å². The highest BCUT2D eigenvalue weighted by molar-refractivity contribution is 5.99. The average molecular weight is 364 g/mol. The molecule has 2 amide bonds. The first kappa shape index (κ1) is 19.2. The molecule has 146 valence electrons. The van der Waals surface area contributed by atoms with Gasteiger partial charge in [-0.25, -0.2) is 4.79 Å². The zero-order chi connectivity index (χ0) is 18.7. The van der Waals surface area contributed by atoms with Gasteiger partial charge >= 0.3 is 5.97 Å². The van der Waals surface area contributed by atoms with E-state index in [1.807, 2.05) is 0 Å². The lowest BCUT2D eigenvalue weighted by Crippen LogP contribution is -2.65. The second-order valence-corrected chi connectivity index (χ2v) is 7.96. The van der Waals surface area contributed by atoms with E-state index in [9.17, 15) is 14.4 Å². The van der Waals surface area contributed by atoms with Crippen LogP contribution in [0.15, 0.2) is 0 Å². The lowest BCUT2D eigenvalue weighted by molar-refractivity contribution is -0.169. The Hall–Kier alpha value is -1.59. The van der Waals surface area contributed by atoms with Crippen molar-refractivity contribution < 1.29 is 19.1 Å². The number of carbonyl (C=O) groups excluding carboxylic acids is 3. The fourth-order valence-electron chi connectivity index (χ4n) is 4.91. The second-order valence-electron chi connectivity index (χ2n) is 7.96. The van der Waals surface area contributed by atoms with E-state index >= 15 is 0 Å². The van der Waals surface area contributed by atoms with Gasteiger partial charge in [0.05, 0.1) is 6.61 Å². The molecule has 3 rings (SSSR count). The van der Waals surface area contributed by atoms with Gasteiger partial charge in [0.1, 0.15) is 18.1 Å². The van der Waals surface area contributed by atoms with Crippen molar-refractivity contribution in [1.82, 2.24) is 9.80 Å². The van der Waals surface area contributed by atoms with Gasteiger partial charge in [0, 0.05) is 6.54 Å². The lowest BCUT2D eigenvalue weighted by Gasteiger charge is -2.44. The Labute approximate surface area is 156 Å². The Balaban J connectivity index is 1.76. The van der Waals surface area contributed by atoms with Gasteiger partial charge in [-0.2, -0.15) is 0 Å². The van der Waals surface area contributed by atoms with Crippen molar-refractivity contribution in [2.24, 2.45) is 5.92 Å². The van der Waals surface area contributed by atoms with Crippen LogP contribution in [0, 0.1) is 5.92 Å². The molecule has 26 heavy (non-hydrogen) atoms. The van der Waals surface area contributed by atoms with E-state index in [0.717, 1.165) is 12.8 Å². The molecule has 6 heteroatoms. The van der Waals surface area contributed by atoms with E-state index in [0.29, 0.717) is 31.9 Å². The smallest absolute Gasteiger partial charge is 0.328 e. The van der Waals surface area contributed by atoms with Gasteiger partial charge in [-0.05, 0) is 45.4 Å². The zero-order valence-corrected chi connectivity index (χ0v) is 16.1. The fourth-order valence-corrected chi connectivity index (χ4v) is 4.91. The van der Waals surface area contributed by atoms with Gasteiger partial charge in [0.25, 0.3) is 0 Å². The number of carbonyl (C=O) groups is 3. The maximum Gasteiger partial charge on any atom is 0.328 e.